The van der Waals surface area contributed by atoms with Crippen LogP contribution in [-0.4, -0.2) is 19.9 Å². The van der Waals surface area contributed by atoms with E-state index in [1.165, 1.54) is 16.2 Å². The molecule has 0 amide bonds. The van der Waals surface area contributed by atoms with Gasteiger partial charge in [0.05, 0.1) is 11.2 Å². The molecule has 4 nitrogen and oxygen atoms in total. The SMILES string of the molecule is c1ccc(-c2nc(-c3ccccc3)nc(-c3cccc(-c4ccc5c(c4)nc(-c4ccccc4)c4ccc6ccccc6c45)c3)n2)cc1. The summed E-state index contributed by atoms with van der Waals surface area (Å²) in [6.07, 6.45) is 0. The monoisotopic (exact) mass is 612 g/mol. The van der Waals surface area contributed by atoms with E-state index in [4.69, 9.17) is 19.9 Å². The van der Waals surface area contributed by atoms with Gasteiger partial charge < -0.3 is 0 Å². The lowest BCUT2D eigenvalue weighted by Gasteiger charge is -2.14. The molecule has 0 fully saturated rings. The van der Waals surface area contributed by atoms with Crippen molar-refractivity contribution in [1.29, 1.82) is 0 Å². The standard InChI is InChI=1S/C44H28N4/c1-4-14-30(15-5-1)41-38-26-23-29-13-10-11-22-36(29)40(38)37-25-24-34(28-39(37)45-41)33-20-12-21-35(27-33)44-47-42(31-16-6-2-7-17-31)46-43(48-44)32-18-8-3-9-19-32/h1-28H. The lowest BCUT2D eigenvalue weighted by atomic mass is 9.94. The lowest BCUT2D eigenvalue weighted by molar-refractivity contribution is 1.07. The van der Waals surface area contributed by atoms with Crippen LogP contribution in [0.15, 0.2) is 170 Å². The Kier molecular flexibility index (Phi) is 6.76. The van der Waals surface area contributed by atoms with E-state index in [0.717, 1.165) is 55.4 Å². The summed E-state index contributed by atoms with van der Waals surface area (Å²) in [5.74, 6) is 1.92. The molecule has 0 radical (unpaired) electrons. The topological polar surface area (TPSA) is 51.6 Å². The van der Waals surface area contributed by atoms with Gasteiger partial charge in [0.15, 0.2) is 17.5 Å². The van der Waals surface area contributed by atoms with Crippen LogP contribution >= 0.6 is 0 Å². The van der Waals surface area contributed by atoms with Crippen molar-refractivity contribution in [2.75, 3.05) is 0 Å². The highest BCUT2D eigenvalue weighted by Gasteiger charge is 2.16. The number of pyridine rings is 1. The van der Waals surface area contributed by atoms with E-state index in [0.29, 0.717) is 17.5 Å². The van der Waals surface area contributed by atoms with Gasteiger partial charge in [0, 0.05) is 38.4 Å². The fraction of sp³-hybridized carbons (Fsp3) is 0. The largest absolute Gasteiger partial charge is 0.247 e. The first-order chi connectivity index (χ1) is 23.8. The van der Waals surface area contributed by atoms with Crippen LogP contribution in [0.3, 0.4) is 0 Å². The quantitative estimate of drug-likeness (QED) is 0.181. The zero-order valence-corrected chi connectivity index (χ0v) is 26.0. The zero-order valence-electron chi connectivity index (χ0n) is 26.0. The van der Waals surface area contributed by atoms with Gasteiger partial charge in [0.2, 0.25) is 0 Å². The molecule has 0 aliphatic carbocycles. The maximum absolute atomic E-state index is 5.30. The summed E-state index contributed by atoms with van der Waals surface area (Å²) in [6.45, 7) is 0. The number of aromatic nitrogens is 4. The number of hydrogen-bond donors (Lipinski definition) is 0. The molecule has 0 N–H and O–H groups in total. The van der Waals surface area contributed by atoms with E-state index in [1.807, 2.05) is 66.7 Å². The van der Waals surface area contributed by atoms with E-state index < -0.39 is 0 Å². The number of rotatable bonds is 5. The maximum atomic E-state index is 5.30. The molecule has 0 aliphatic heterocycles. The molecule has 2 aromatic heterocycles. The summed E-state index contributed by atoms with van der Waals surface area (Å²) in [6, 6.07) is 58.7. The third kappa shape index (κ3) is 4.97. The Morgan fingerprint density at radius 3 is 1.50 bits per heavy atom. The minimum atomic E-state index is 0.632. The van der Waals surface area contributed by atoms with Gasteiger partial charge in [-0.25, -0.2) is 19.9 Å². The minimum absolute atomic E-state index is 0.632. The van der Waals surface area contributed by atoms with Crippen LogP contribution in [0.1, 0.15) is 0 Å². The van der Waals surface area contributed by atoms with Crippen molar-refractivity contribution < 1.29 is 0 Å². The normalized spacial score (nSPS) is 11.3. The summed E-state index contributed by atoms with van der Waals surface area (Å²) in [7, 11) is 0. The number of fused-ring (bicyclic) bond motifs is 5. The van der Waals surface area contributed by atoms with Crippen molar-refractivity contribution in [3.63, 3.8) is 0 Å². The van der Waals surface area contributed by atoms with Gasteiger partial charge in [-0.1, -0.05) is 158 Å². The molecule has 0 unspecified atom stereocenters. The molecule has 0 saturated carbocycles. The number of hydrogen-bond acceptors (Lipinski definition) is 4. The first kappa shape index (κ1) is 27.8. The predicted molar refractivity (Wildman–Crippen MR) is 197 cm³/mol. The van der Waals surface area contributed by atoms with E-state index in [-0.39, 0.29) is 0 Å². The molecule has 9 rings (SSSR count). The second-order valence-corrected chi connectivity index (χ2v) is 11.9. The van der Waals surface area contributed by atoms with Gasteiger partial charge in [-0.3, -0.25) is 0 Å². The van der Waals surface area contributed by atoms with Crippen LogP contribution < -0.4 is 0 Å². The average molecular weight is 613 g/mol. The van der Waals surface area contributed by atoms with Crippen molar-refractivity contribution in [3.05, 3.63) is 170 Å². The highest BCUT2D eigenvalue weighted by Crippen LogP contribution is 2.38. The van der Waals surface area contributed by atoms with E-state index in [9.17, 15) is 0 Å². The Bertz CT molecular complexity index is 2540. The van der Waals surface area contributed by atoms with Crippen LogP contribution in [0.5, 0.6) is 0 Å². The molecule has 4 heteroatoms. The summed E-state index contributed by atoms with van der Waals surface area (Å²) >= 11 is 0. The van der Waals surface area contributed by atoms with E-state index >= 15 is 0 Å². The highest BCUT2D eigenvalue weighted by molar-refractivity contribution is 6.22. The van der Waals surface area contributed by atoms with Gasteiger partial charge >= 0.3 is 0 Å². The molecule has 9 aromatic rings. The summed E-state index contributed by atoms with van der Waals surface area (Å²) in [5.41, 5.74) is 8.01. The molecule has 0 spiro atoms. The average Bonchev–Trinajstić information content (AvgIpc) is 3.18. The Morgan fingerprint density at radius 2 is 0.812 bits per heavy atom. The summed E-state index contributed by atoms with van der Waals surface area (Å²) in [4.78, 5) is 20.1. The Morgan fingerprint density at radius 1 is 0.292 bits per heavy atom. The van der Waals surface area contributed by atoms with Crippen molar-refractivity contribution in [2.45, 2.75) is 0 Å². The van der Waals surface area contributed by atoms with Crippen LogP contribution in [0.25, 0.3) is 89.0 Å². The fourth-order valence-corrected chi connectivity index (χ4v) is 6.55. The molecule has 0 atom stereocenters. The molecule has 2 heterocycles. The molecule has 48 heavy (non-hydrogen) atoms. The summed E-state index contributed by atoms with van der Waals surface area (Å²) < 4.78 is 0. The third-order valence-corrected chi connectivity index (χ3v) is 8.88. The first-order valence-corrected chi connectivity index (χ1v) is 16.1. The summed E-state index contributed by atoms with van der Waals surface area (Å²) in [5, 5.41) is 5.96. The number of benzene rings is 7. The first-order valence-electron chi connectivity index (χ1n) is 16.1. The van der Waals surface area contributed by atoms with Crippen molar-refractivity contribution in [2.24, 2.45) is 0 Å². The smallest absolute Gasteiger partial charge is 0.164 e. The molecule has 0 saturated heterocycles. The second-order valence-electron chi connectivity index (χ2n) is 11.9. The molecule has 7 aromatic carbocycles. The minimum Gasteiger partial charge on any atom is -0.247 e. The Hall–Kier alpha value is -6.52. The maximum Gasteiger partial charge on any atom is 0.164 e. The number of nitrogens with zero attached hydrogens (tertiary/aromatic N) is 4. The Labute approximate surface area is 278 Å². The van der Waals surface area contributed by atoms with Gasteiger partial charge in [-0.15, -0.1) is 0 Å². The molecular formula is C44H28N4. The lowest BCUT2D eigenvalue weighted by Crippen LogP contribution is -2.00. The van der Waals surface area contributed by atoms with Crippen molar-refractivity contribution in [3.8, 4) is 56.5 Å². The third-order valence-electron chi connectivity index (χ3n) is 8.88. The van der Waals surface area contributed by atoms with Gasteiger partial charge in [-0.2, -0.15) is 0 Å². The molecule has 224 valence electrons. The second kappa shape index (κ2) is 11.7. The van der Waals surface area contributed by atoms with Gasteiger partial charge in [-0.05, 0) is 34.0 Å². The van der Waals surface area contributed by atoms with E-state index in [2.05, 4.69) is 103 Å². The van der Waals surface area contributed by atoms with Crippen molar-refractivity contribution in [1.82, 2.24) is 19.9 Å². The van der Waals surface area contributed by atoms with Crippen LogP contribution in [0.2, 0.25) is 0 Å². The highest BCUT2D eigenvalue weighted by atomic mass is 15.0. The van der Waals surface area contributed by atoms with Crippen molar-refractivity contribution >= 4 is 32.4 Å². The van der Waals surface area contributed by atoms with Crippen LogP contribution in [0, 0.1) is 0 Å². The molecular weight excluding hydrogens is 585 g/mol. The van der Waals surface area contributed by atoms with E-state index in [1.54, 1.807) is 0 Å². The van der Waals surface area contributed by atoms with Crippen LogP contribution in [0.4, 0.5) is 0 Å². The van der Waals surface area contributed by atoms with Crippen LogP contribution in [-0.2, 0) is 0 Å². The molecule has 0 aliphatic rings. The van der Waals surface area contributed by atoms with Gasteiger partial charge in [0.1, 0.15) is 0 Å². The van der Waals surface area contributed by atoms with Gasteiger partial charge in [0.25, 0.3) is 0 Å². The fourth-order valence-electron chi connectivity index (χ4n) is 6.55. The molecule has 0 bridgehead atoms. The Balaban J connectivity index is 1.21. The predicted octanol–water partition coefficient (Wildman–Crippen LogP) is 11.1. The zero-order chi connectivity index (χ0) is 31.9.